The topological polar surface area (TPSA) is 30.5 Å². The lowest BCUT2D eigenvalue weighted by atomic mass is 9.93. The zero-order chi connectivity index (χ0) is 15.9. The predicted molar refractivity (Wildman–Crippen MR) is 89.3 cm³/mol. The Hall–Kier alpha value is -1.22. The summed E-state index contributed by atoms with van der Waals surface area (Å²) in [6.45, 7) is 12.8. The van der Waals surface area contributed by atoms with Gasteiger partial charge in [0.1, 0.15) is 11.5 Å². The first-order valence-electron chi connectivity index (χ1n) is 7.91. The molecule has 120 valence electrons. The summed E-state index contributed by atoms with van der Waals surface area (Å²) in [7, 11) is 1.69. The van der Waals surface area contributed by atoms with Gasteiger partial charge < -0.3 is 14.8 Å². The van der Waals surface area contributed by atoms with E-state index in [1.807, 2.05) is 12.1 Å². The van der Waals surface area contributed by atoms with Gasteiger partial charge >= 0.3 is 0 Å². The maximum Gasteiger partial charge on any atom is 0.127 e. The van der Waals surface area contributed by atoms with E-state index in [9.17, 15) is 0 Å². The number of methoxy groups -OCH3 is 1. The highest BCUT2D eigenvalue weighted by Gasteiger charge is 2.14. The molecule has 0 aromatic heterocycles. The van der Waals surface area contributed by atoms with Gasteiger partial charge in [-0.25, -0.2) is 0 Å². The largest absolute Gasteiger partial charge is 0.497 e. The van der Waals surface area contributed by atoms with E-state index in [-0.39, 0.29) is 11.5 Å². The molecule has 0 aliphatic rings. The van der Waals surface area contributed by atoms with Gasteiger partial charge in [0.15, 0.2) is 0 Å². The van der Waals surface area contributed by atoms with Gasteiger partial charge in [-0.15, -0.1) is 0 Å². The maximum absolute atomic E-state index is 6.04. The number of ether oxygens (including phenoxy) is 2. The highest BCUT2D eigenvalue weighted by molar-refractivity contribution is 5.42. The number of benzene rings is 1. The van der Waals surface area contributed by atoms with Crippen molar-refractivity contribution in [3.63, 3.8) is 0 Å². The van der Waals surface area contributed by atoms with Crippen LogP contribution >= 0.6 is 0 Å². The molecule has 0 aliphatic carbocycles. The van der Waals surface area contributed by atoms with Crippen LogP contribution in [0, 0.1) is 5.41 Å². The highest BCUT2D eigenvalue weighted by Crippen LogP contribution is 2.30. The fraction of sp³-hybridized carbons (Fsp3) is 0.667. The average Bonchev–Trinajstić information content (AvgIpc) is 2.43. The van der Waals surface area contributed by atoms with E-state index in [1.54, 1.807) is 7.11 Å². The smallest absolute Gasteiger partial charge is 0.127 e. The molecule has 0 saturated heterocycles. The summed E-state index contributed by atoms with van der Waals surface area (Å²) in [5.74, 6) is 1.77. The second-order valence-electron chi connectivity index (χ2n) is 6.74. The lowest BCUT2D eigenvalue weighted by molar-refractivity contribution is 0.239. The van der Waals surface area contributed by atoms with Crippen molar-refractivity contribution in [2.75, 3.05) is 20.3 Å². The molecule has 3 nitrogen and oxygen atoms in total. The number of hydrogen-bond acceptors (Lipinski definition) is 3. The van der Waals surface area contributed by atoms with Gasteiger partial charge in [-0.3, -0.25) is 0 Å². The highest BCUT2D eigenvalue weighted by atomic mass is 16.5. The molecule has 1 atom stereocenters. The lowest BCUT2D eigenvalue weighted by Gasteiger charge is -2.21. The number of nitrogens with one attached hydrogen (secondary N) is 1. The molecule has 1 unspecified atom stereocenters. The van der Waals surface area contributed by atoms with Crippen molar-refractivity contribution in [1.82, 2.24) is 5.32 Å². The average molecular weight is 293 g/mol. The van der Waals surface area contributed by atoms with Crippen LogP contribution in [0.25, 0.3) is 0 Å². The monoisotopic (exact) mass is 293 g/mol. The molecule has 0 amide bonds. The van der Waals surface area contributed by atoms with Gasteiger partial charge in [0.05, 0.1) is 13.7 Å². The summed E-state index contributed by atoms with van der Waals surface area (Å²) in [6.07, 6.45) is 2.15. The molecule has 1 aromatic rings. The lowest BCUT2D eigenvalue weighted by Crippen LogP contribution is -2.20. The second-order valence-corrected chi connectivity index (χ2v) is 6.74. The molecule has 0 radical (unpaired) electrons. The molecule has 0 heterocycles. The van der Waals surface area contributed by atoms with E-state index in [0.29, 0.717) is 0 Å². The van der Waals surface area contributed by atoms with Crippen LogP contribution in [0.5, 0.6) is 11.5 Å². The minimum atomic E-state index is 0.278. The Morgan fingerprint density at radius 3 is 2.52 bits per heavy atom. The molecule has 0 fully saturated rings. The first-order chi connectivity index (χ1) is 9.87. The molecule has 0 saturated carbocycles. The summed E-state index contributed by atoms with van der Waals surface area (Å²) in [4.78, 5) is 0. The summed E-state index contributed by atoms with van der Waals surface area (Å²) < 4.78 is 11.4. The van der Waals surface area contributed by atoms with Crippen LogP contribution in [0.2, 0.25) is 0 Å². The van der Waals surface area contributed by atoms with Crippen LogP contribution in [-0.4, -0.2) is 20.3 Å². The van der Waals surface area contributed by atoms with Crippen molar-refractivity contribution < 1.29 is 9.47 Å². The van der Waals surface area contributed by atoms with Crippen LogP contribution in [0.1, 0.15) is 59.1 Å². The van der Waals surface area contributed by atoms with Gasteiger partial charge in [-0.1, -0.05) is 33.8 Å². The zero-order valence-corrected chi connectivity index (χ0v) is 14.5. The normalized spacial score (nSPS) is 13.0. The predicted octanol–water partition coefficient (Wildman–Crippen LogP) is 4.57. The zero-order valence-electron chi connectivity index (χ0n) is 14.5. The Morgan fingerprint density at radius 1 is 1.24 bits per heavy atom. The molecule has 0 spiro atoms. The number of rotatable bonds is 8. The van der Waals surface area contributed by atoms with Gasteiger partial charge in [0, 0.05) is 17.7 Å². The van der Waals surface area contributed by atoms with Crippen molar-refractivity contribution in [1.29, 1.82) is 0 Å². The van der Waals surface area contributed by atoms with Gasteiger partial charge in [-0.2, -0.15) is 0 Å². The first-order valence-corrected chi connectivity index (χ1v) is 7.91. The first kappa shape index (κ1) is 17.8. The minimum absolute atomic E-state index is 0.278. The third-order valence-corrected chi connectivity index (χ3v) is 3.50. The molecule has 3 heteroatoms. The van der Waals surface area contributed by atoms with E-state index in [4.69, 9.17) is 9.47 Å². The Balaban J connectivity index is 2.81. The van der Waals surface area contributed by atoms with E-state index < -0.39 is 0 Å². The fourth-order valence-corrected chi connectivity index (χ4v) is 2.06. The molecular formula is C18H31NO2. The molecular weight excluding hydrogens is 262 g/mol. The molecule has 1 aromatic carbocycles. The molecule has 1 N–H and O–H groups in total. The van der Waals surface area contributed by atoms with Crippen molar-refractivity contribution >= 4 is 0 Å². The van der Waals surface area contributed by atoms with E-state index in [0.717, 1.165) is 37.5 Å². The van der Waals surface area contributed by atoms with Gasteiger partial charge in [-0.05, 0) is 37.8 Å². The Bertz CT molecular complexity index is 424. The molecule has 21 heavy (non-hydrogen) atoms. The fourth-order valence-electron chi connectivity index (χ4n) is 2.06. The van der Waals surface area contributed by atoms with Crippen molar-refractivity contribution in [3.05, 3.63) is 23.8 Å². The molecule has 1 rings (SSSR count). The van der Waals surface area contributed by atoms with Gasteiger partial charge in [0.25, 0.3) is 0 Å². The van der Waals surface area contributed by atoms with Crippen LogP contribution in [0.15, 0.2) is 18.2 Å². The maximum atomic E-state index is 6.04. The number of hydrogen-bond donors (Lipinski definition) is 1. The van der Waals surface area contributed by atoms with Crippen LogP contribution in [0.3, 0.4) is 0 Å². The summed E-state index contributed by atoms with van der Waals surface area (Å²) >= 11 is 0. The Kier molecular flexibility index (Phi) is 7.03. The summed E-state index contributed by atoms with van der Waals surface area (Å²) in [5, 5.41) is 3.51. The van der Waals surface area contributed by atoms with E-state index in [2.05, 4.69) is 46.0 Å². The van der Waals surface area contributed by atoms with E-state index in [1.165, 1.54) is 5.56 Å². The van der Waals surface area contributed by atoms with Gasteiger partial charge in [0.2, 0.25) is 0 Å². The van der Waals surface area contributed by atoms with Crippen molar-refractivity contribution in [2.24, 2.45) is 5.41 Å². The van der Waals surface area contributed by atoms with Crippen LogP contribution in [-0.2, 0) is 0 Å². The Labute approximate surface area is 130 Å². The molecule has 0 bridgehead atoms. The summed E-state index contributed by atoms with van der Waals surface area (Å²) in [6, 6.07) is 6.36. The Morgan fingerprint density at radius 2 is 1.95 bits per heavy atom. The van der Waals surface area contributed by atoms with Crippen molar-refractivity contribution in [2.45, 2.75) is 53.5 Å². The minimum Gasteiger partial charge on any atom is -0.497 e. The second kappa shape index (κ2) is 8.28. The van der Waals surface area contributed by atoms with E-state index >= 15 is 0 Å². The SMILES string of the molecule is CCCNC(C)c1ccc(OC)cc1OCCC(C)(C)C. The summed E-state index contributed by atoms with van der Waals surface area (Å²) in [5.41, 5.74) is 1.48. The molecule has 0 aliphatic heterocycles. The third kappa shape index (κ3) is 6.38. The van der Waals surface area contributed by atoms with Crippen molar-refractivity contribution in [3.8, 4) is 11.5 Å². The third-order valence-electron chi connectivity index (χ3n) is 3.50. The quantitative estimate of drug-likeness (QED) is 0.761. The standard InChI is InChI=1S/C18H31NO2/c1-7-11-19-14(2)16-9-8-15(20-6)13-17(16)21-12-10-18(3,4)5/h8-9,13-14,19H,7,10-12H2,1-6H3. The van der Waals surface area contributed by atoms with Crippen LogP contribution < -0.4 is 14.8 Å². The van der Waals surface area contributed by atoms with Crippen LogP contribution in [0.4, 0.5) is 0 Å².